The first-order valence-corrected chi connectivity index (χ1v) is 7.74. The highest BCUT2D eigenvalue weighted by atomic mass is 32.2. The minimum absolute atomic E-state index is 0.333. The van der Waals surface area contributed by atoms with Gasteiger partial charge in [0.05, 0.1) is 30.9 Å². The standard InChI is InChI=1S/C17H13FN2O3S/c1-22-23-24-14-8-4-11(5-9-14)15-10-19-20-17(21)16(15)12-2-6-13(18)7-3-12/h2-10H,1H3,(H,20,21). The fraction of sp³-hybridized carbons (Fsp3) is 0.0588. The first-order valence-electron chi connectivity index (χ1n) is 7.00. The van der Waals surface area contributed by atoms with Gasteiger partial charge in [0.1, 0.15) is 5.82 Å². The van der Waals surface area contributed by atoms with Crippen LogP contribution in [0, 0.1) is 5.82 Å². The van der Waals surface area contributed by atoms with Crippen LogP contribution in [-0.2, 0) is 9.22 Å². The summed E-state index contributed by atoms with van der Waals surface area (Å²) in [5.41, 5.74) is 2.21. The highest BCUT2D eigenvalue weighted by molar-refractivity contribution is 7.94. The minimum Gasteiger partial charge on any atom is -0.267 e. The first kappa shape index (κ1) is 16.4. The lowest BCUT2D eigenvalue weighted by atomic mass is 9.97. The van der Waals surface area contributed by atoms with Gasteiger partial charge in [-0.25, -0.2) is 14.4 Å². The fourth-order valence-electron chi connectivity index (χ4n) is 2.28. The number of aromatic nitrogens is 2. The number of hydrogen-bond donors (Lipinski definition) is 1. The van der Waals surface area contributed by atoms with Crippen LogP contribution in [0.2, 0.25) is 0 Å². The largest absolute Gasteiger partial charge is 0.272 e. The average molecular weight is 344 g/mol. The molecule has 1 heterocycles. The monoisotopic (exact) mass is 344 g/mol. The SMILES string of the molecule is COOSc1ccc(-c2cn[nH]c(=O)c2-c2ccc(F)cc2)cc1. The molecule has 0 atom stereocenters. The predicted octanol–water partition coefficient (Wildman–Crippen LogP) is 3.83. The van der Waals surface area contributed by atoms with Gasteiger partial charge in [-0.2, -0.15) is 9.43 Å². The van der Waals surface area contributed by atoms with Crippen molar-refractivity contribution in [2.75, 3.05) is 7.11 Å². The number of H-pyrrole nitrogens is 1. The van der Waals surface area contributed by atoms with Gasteiger partial charge < -0.3 is 0 Å². The van der Waals surface area contributed by atoms with E-state index >= 15 is 0 Å². The molecule has 3 aromatic rings. The number of aromatic amines is 1. The molecule has 0 aliphatic rings. The van der Waals surface area contributed by atoms with Crippen LogP contribution in [0.15, 0.2) is 64.4 Å². The lowest BCUT2D eigenvalue weighted by Crippen LogP contribution is -2.12. The quantitative estimate of drug-likeness (QED) is 0.433. The summed E-state index contributed by atoms with van der Waals surface area (Å²) >= 11 is 1.08. The van der Waals surface area contributed by atoms with Crippen molar-refractivity contribution in [2.45, 2.75) is 4.90 Å². The highest BCUT2D eigenvalue weighted by Crippen LogP contribution is 2.30. The molecule has 0 spiro atoms. The molecule has 1 N–H and O–H groups in total. The van der Waals surface area contributed by atoms with Crippen LogP contribution in [0.25, 0.3) is 22.3 Å². The van der Waals surface area contributed by atoms with Crippen molar-refractivity contribution >= 4 is 12.0 Å². The van der Waals surface area contributed by atoms with Crippen LogP contribution in [0.3, 0.4) is 0 Å². The lowest BCUT2D eigenvalue weighted by molar-refractivity contribution is -0.160. The van der Waals surface area contributed by atoms with E-state index in [-0.39, 0.29) is 11.4 Å². The summed E-state index contributed by atoms with van der Waals surface area (Å²) < 4.78 is 18.0. The van der Waals surface area contributed by atoms with E-state index in [0.29, 0.717) is 16.7 Å². The number of benzene rings is 2. The molecule has 0 amide bonds. The summed E-state index contributed by atoms with van der Waals surface area (Å²) in [7, 11) is 1.43. The van der Waals surface area contributed by atoms with Crippen molar-refractivity contribution < 1.29 is 13.6 Å². The van der Waals surface area contributed by atoms with Gasteiger partial charge in [-0.15, -0.1) is 0 Å². The molecule has 0 aliphatic heterocycles. The molecule has 122 valence electrons. The molecular formula is C17H13FN2O3S. The summed E-state index contributed by atoms with van der Waals surface area (Å²) in [6.07, 6.45) is 1.58. The van der Waals surface area contributed by atoms with E-state index in [4.69, 9.17) is 4.33 Å². The average Bonchev–Trinajstić information content (AvgIpc) is 2.61. The number of nitrogens with one attached hydrogen (secondary N) is 1. The lowest BCUT2D eigenvalue weighted by Gasteiger charge is -2.09. The second-order valence-electron chi connectivity index (χ2n) is 4.84. The van der Waals surface area contributed by atoms with E-state index in [1.54, 1.807) is 18.3 Å². The third-order valence-corrected chi connectivity index (χ3v) is 4.02. The third-order valence-electron chi connectivity index (χ3n) is 3.35. The Hall–Kier alpha value is -2.48. The normalized spacial score (nSPS) is 10.8. The zero-order valence-corrected chi connectivity index (χ0v) is 13.5. The number of halogens is 1. The van der Waals surface area contributed by atoms with Crippen molar-refractivity contribution in [2.24, 2.45) is 0 Å². The van der Waals surface area contributed by atoms with Gasteiger partial charge in [0.25, 0.3) is 5.56 Å². The van der Waals surface area contributed by atoms with Crippen molar-refractivity contribution in [3.05, 3.63) is 70.9 Å². The fourth-order valence-corrected chi connectivity index (χ4v) is 2.68. The Labute approximate surface area is 141 Å². The van der Waals surface area contributed by atoms with Crippen LogP contribution in [0.4, 0.5) is 4.39 Å². The molecular weight excluding hydrogens is 331 g/mol. The molecule has 0 bridgehead atoms. The molecule has 2 aromatic carbocycles. The third kappa shape index (κ3) is 3.53. The predicted molar refractivity (Wildman–Crippen MR) is 89.6 cm³/mol. The van der Waals surface area contributed by atoms with E-state index in [1.807, 2.05) is 24.3 Å². The Balaban J connectivity index is 2.04. The second kappa shape index (κ2) is 7.39. The Bertz CT molecular complexity index is 880. The van der Waals surface area contributed by atoms with E-state index in [1.165, 1.54) is 19.2 Å². The van der Waals surface area contributed by atoms with Crippen molar-refractivity contribution in [1.29, 1.82) is 0 Å². The Morgan fingerprint density at radius 3 is 2.38 bits per heavy atom. The molecule has 5 nitrogen and oxygen atoms in total. The highest BCUT2D eigenvalue weighted by Gasteiger charge is 2.12. The van der Waals surface area contributed by atoms with E-state index in [9.17, 15) is 9.18 Å². The molecule has 0 fully saturated rings. The molecule has 3 rings (SSSR count). The summed E-state index contributed by atoms with van der Waals surface area (Å²) in [5.74, 6) is -0.356. The molecule has 0 aliphatic carbocycles. The van der Waals surface area contributed by atoms with Gasteiger partial charge in [0.15, 0.2) is 0 Å². The Kier molecular flexibility index (Phi) is 5.05. The van der Waals surface area contributed by atoms with Crippen LogP contribution in [-0.4, -0.2) is 17.3 Å². The molecule has 7 heteroatoms. The maximum Gasteiger partial charge on any atom is 0.272 e. The van der Waals surface area contributed by atoms with Crippen molar-refractivity contribution in [3.63, 3.8) is 0 Å². The molecule has 1 aromatic heterocycles. The van der Waals surface area contributed by atoms with Crippen molar-refractivity contribution in [1.82, 2.24) is 10.2 Å². The van der Waals surface area contributed by atoms with Gasteiger partial charge in [-0.05, 0) is 35.4 Å². The van der Waals surface area contributed by atoms with Crippen LogP contribution >= 0.6 is 12.0 Å². The van der Waals surface area contributed by atoms with E-state index in [0.717, 1.165) is 22.5 Å². The first-order chi connectivity index (χ1) is 11.7. The summed E-state index contributed by atoms with van der Waals surface area (Å²) in [4.78, 5) is 17.6. The number of hydrogen-bond acceptors (Lipinski definition) is 5. The molecule has 0 unspecified atom stereocenters. The van der Waals surface area contributed by atoms with Gasteiger partial charge in [0, 0.05) is 10.5 Å². The van der Waals surface area contributed by atoms with Gasteiger partial charge in [0.2, 0.25) is 0 Å². The number of nitrogens with zero attached hydrogens (tertiary/aromatic N) is 1. The number of rotatable bonds is 5. The van der Waals surface area contributed by atoms with E-state index in [2.05, 4.69) is 15.1 Å². The maximum absolute atomic E-state index is 13.1. The van der Waals surface area contributed by atoms with Crippen LogP contribution in [0.5, 0.6) is 0 Å². The molecule has 0 radical (unpaired) electrons. The smallest absolute Gasteiger partial charge is 0.267 e. The second-order valence-corrected chi connectivity index (χ2v) is 5.61. The van der Waals surface area contributed by atoms with Gasteiger partial charge in [-0.1, -0.05) is 24.3 Å². The van der Waals surface area contributed by atoms with E-state index < -0.39 is 0 Å². The zero-order chi connectivity index (χ0) is 16.9. The van der Waals surface area contributed by atoms with Crippen molar-refractivity contribution in [3.8, 4) is 22.3 Å². The minimum atomic E-state index is -0.356. The molecule has 24 heavy (non-hydrogen) atoms. The molecule has 0 saturated carbocycles. The van der Waals surface area contributed by atoms with Gasteiger partial charge >= 0.3 is 0 Å². The summed E-state index contributed by atoms with van der Waals surface area (Å²) in [5, 5.41) is 6.30. The van der Waals surface area contributed by atoms with Gasteiger partial charge in [-0.3, -0.25) is 4.79 Å². The Morgan fingerprint density at radius 1 is 1.04 bits per heavy atom. The van der Waals surface area contributed by atoms with Crippen LogP contribution < -0.4 is 5.56 Å². The maximum atomic E-state index is 13.1. The van der Waals surface area contributed by atoms with Crippen LogP contribution in [0.1, 0.15) is 0 Å². The summed E-state index contributed by atoms with van der Waals surface area (Å²) in [6, 6.07) is 13.2. The zero-order valence-electron chi connectivity index (χ0n) is 12.7. The topological polar surface area (TPSA) is 64.2 Å². The molecule has 0 saturated heterocycles. The summed E-state index contributed by atoms with van der Waals surface area (Å²) in [6.45, 7) is 0. The Morgan fingerprint density at radius 2 is 1.71 bits per heavy atom.